The molecule has 2 aromatic rings. The Morgan fingerprint density at radius 1 is 1.24 bits per heavy atom. The molecule has 0 atom stereocenters. The van der Waals surface area contributed by atoms with Gasteiger partial charge >= 0.3 is 0 Å². The molecule has 21 heavy (non-hydrogen) atoms. The van der Waals surface area contributed by atoms with E-state index in [4.69, 9.17) is 20.2 Å². The maximum Gasteiger partial charge on any atom is 0.161 e. The van der Waals surface area contributed by atoms with Crippen molar-refractivity contribution in [1.29, 1.82) is 0 Å². The number of nitrogens with zero attached hydrogens (tertiary/aromatic N) is 1. The Morgan fingerprint density at radius 3 is 2.67 bits per heavy atom. The SMILES string of the molecule is CCCc1nc(-c2ccc(OCC)c(OC)c2)sc1CN. The highest BCUT2D eigenvalue weighted by Crippen LogP contribution is 2.35. The van der Waals surface area contributed by atoms with Crippen LogP contribution < -0.4 is 15.2 Å². The molecule has 0 unspecified atom stereocenters. The summed E-state index contributed by atoms with van der Waals surface area (Å²) in [4.78, 5) is 5.90. The molecule has 0 spiro atoms. The van der Waals surface area contributed by atoms with Crippen LogP contribution in [-0.4, -0.2) is 18.7 Å². The van der Waals surface area contributed by atoms with Crippen LogP contribution in [0.4, 0.5) is 0 Å². The lowest BCUT2D eigenvalue weighted by atomic mass is 10.2. The zero-order valence-corrected chi connectivity index (χ0v) is 13.6. The minimum absolute atomic E-state index is 0.543. The second-order valence-electron chi connectivity index (χ2n) is 4.64. The quantitative estimate of drug-likeness (QED) is 0.848. The lowest BCUT2D eigenvalue weighted by Crippen LogP contribution is -1.97. The van der Waals surface area contributed by atoms with Crippen molar-refractivity contribution in [1.82, 2.24) is 4.98 Å². The van der Waals surface area contributed by atoms with Crippen LogP contribution in [0.1, 0.15) is 30.8 Å². The van der Waals surface area contributed by atoms with Crippen LogP contribution in [0.25, 0.3) is 10.6 Å². The van der Waals surface area contributed by atoms with Gasteiger partial charge in [0.2, 0.25) is 0 Å². The van der Waals surface area contributed by atoms with Crippen molar-refractivity contribution >= 4 is 11.3 Å². The topological polar surface area (TPSA) is 57.4 Å². The number of thiazole rings is 1. The van der Waals surface area contributed by atoms with E-state index < -0.39 is 0 Å². The molecule has 2 N–H and O–H groups in total. The second-order valence-corrected chi connectivity index (χ2v) is 5.73. The lowest BCUT2D eigenvalue weighted by molar-refractivity contribution is 0.311. The zero-order valence-electron chi connectivity index (χ0n) is 12.8. The minimum atomic E-state index is 0.543. The van der Waals surface area contributed by atoms with Crippen LogP contribution in [0.15, 0.2) is 18.2 Å². The van der Waals surface area contributed by atoms with Crippen LogP contribution >= 0.6 is 11.3 Å². The van der Waals surface area contributed by atoms with Gasteiger partial charge in [-0.05, 0) is 31.5 Å². The van der Waals surface area contributed by atoms with Gasteiger partial charge in [-0.25, -0.2) is 4.98 Å². The van der Waals surface area contributed by atoms with Gasteiger partial charge < -0.3 is 15.2 Å². The molecule has 2 rings (SSSR count). The average Bonchev–Trinajstić information content (AvgIpc) is 2.91. The highest BCUT2D eigenvalue weighted by Gasteiger charge is 2.13. The fraction of sp³-hybridized carbons (Fsp3) is 0.438. The third kappa shape index (κ3) is 3.54. The monoisotopic (exact) mass is 306 g/mol. The molecular formula is C16H22N2O2S. The molecule has 1 heterocycles. The van der Waals surface area contributed by atoms with Crippen LogP contribution in [-0.2, 0) is 13.0 Å². The Hall–Kier alpha value is -1.59. The van der Waals surface area contributed by atoms with Crippen molar-refractivity contribution in [2.24, 2.45) is 5.73 Å². The summed E-state index contributed by atoms with van der Waals surface area (Å²) in [5, 5.41) is 0.986. The van der Waals surface area contributed by atoms with Crippen LogP contribution in [0.2, 0.25) is 0 Å². The van der Waals surface area contributed by atoms with Gasteiger partial charge in [0, 0.05) is 17.0 Å². The number of hydrogen-bond donors (Lipinski definition) is 1. The fourth-order valence-corrected chi connectivity index (χ4v) is 3.16. The summed E-state index contributed by atoms with van der Waals surface area (Å²) in [6.07, 6.45) is 2.04. The molecule has 0 amide bonds. The van der Waals surface area contributed by atoms with Crippen molar-refractivity contribution in [2.75, 3.05) is 13.7 Å². The minimum Gasteiger partial charge on any atom is -0.493 e. The standard InChI is InChI=1S/C16H22N2O2S/c1-4-6-12-15(10-17)21-16(18-12)11-7-8-13(20-5-2)14(9-11)19-3/h7-9H,4-6,10,17H2,1-3H3. The first-order valence-corrected chi connectivity index (χ1v) is 8.04. The van der Waals surface area contributed by atoms with E-state index in [1.54, 1.807) is 18.4 Å². The fourth-order valence-electron chi connectivity index (χ4n) is 2.17. The van der Waals surface area contributed by atoms with E-state index in [0.29, 0.717) is 13.2 Å². The molecule has 5 heteroatoms. The smallest absolute Gasteiger partial charge is 0.161 e. The molecule has 1 aromatic carbocycles. The van der Waals surface area contributed by atoms with Gasteiger partial charge in [-0.1, -0.05) is 13.3 Å². The van der Waals surface area contributed by atoms with Gasteiger partial charge in [-0.3, -0.25) is 0 Å². The number of ether oxygens (including phenoxy) is 2. The summed E-state index contributed by atoms with van der Waals surface area (Å²) < 4.78 is 10.9. The van der Waals surface area contributed by atoms with Gasteiger partial charge in [0.15, 0.2) is 11.5 Å². The van der Waals surface area contributed by atoms with Crippen LogP contribution in [0.3, 0.4) is 0 Å². The lowest BCUT2D eigenvalue weighted by Gasteiger charge is -2.09. The Balaban J connectivity index is 2.37. The maximum absolute atomic E-state index is 5.82. The van der Waals surface area contributed by atoms with E-state index in [-0.39, 0.29) is 0 Å². The van der Waals surface area contributed by atoms with Gasteiger partial charge in [0.1, 0.15) is 5.01 Å². The van der Waals surface area contributed by atoms with E-state index in [1.165, 1.54) is 4.88 Å². The average molecular weight is 306 g/mol. The third-order valence-corrected chi connectivity index (χ3v) is 4.33. The molecule has 0 bridgehead atoms. The Labute approximate surface area is 129 Å². The predicted molar refractivity (Wildman–Crippen MR) is 87.2 cm³/mol. The first kappa shape index (κ1) is 15.8. The van der Waals surface area contributed by atoms with Gasteiger partial charge in [0.25, 0.3) is 0 Å². The van der Waals surface area contributed by atoms with Gasteiger partial charge in [0.05, 0.1) is 19.4 Å². The summed E-state index contributed by atoms with van der Waals surface area (Å²) in [6.45, 7) is 5.27. The number of aryl methyl sites for hydroxylation is 1. The first-order valence-electron chi connectivity index (χ1n) is 7.23. The van der Waals surface area contributed by atoms with E-state index in [9.17, 15) is 0 Å². The molecule has 0 aliphatic rings. The predicted octanol–water partition coefficient (Wildman–Crippen LogP) is 3.63. The van der Waals surface area contributed by atoms with Gasteiger partial charge in [-0.2, -0.15) is 0 Å². The summed E-state index contributed by atoms with van der Waals surface area (Å²) in [5.74, 6) is 1.49. The second kappa shape index (κ2) is 7.43. The van der Waals surface area contributed by atoms with E-state index >= 15 is 0 Å². The largest absolute Gasteiger partial charge is 0.493 e. The molecule has 0 fully saturated rings. The normalized spacial score (nSPS) is 10.7. The first-order chi connectivity index (χ1) is 10.2. The summed E-state index contributed by atoms with van der Waals surface area (Å²) in [6, 6.07) is 5.92. The number of methoxy groups -OCH3 is 1. The summed E-state index contributed by atoms with van der Waals surface area (Å²) in [5.41, 5.74) is 7.98. The van der Waals surface area contributed by atoms with Crippen molar-refractivity contribution in [3.8, 4) is 22.1 Å². The number of hydrogen-bond acceptors (Lipinski definition) is 5. The number of nitrogens with two attached hydrogens (primary N) is 1. The molecular weight excluding hydrogens is 284 g/mol. The molecule has 0 aliphatic carbocycles. The Kier molecular flexibility index (Phi) is 5.59. The Bertz CT molecular complexity index is 596. The van der Waals surface area contributed by atoms with Crippen LogP contribution in [0, 0.1) is 0 Å². The molecule has 1 aromatic heterocycles. The van der Waals surface area contributed by atoms with Crippen molar-refractivity contribution in [3.05, 3.63) is 28.8 Å². The van der Waals surface area contributed by atoms with Gasteiger partial charge in [-0.15, -0.1) is 11.3 Å². The molecule has 114 valence electrons. The van der Waals surface area contributed by atoms with Crippen molar-refractivity contribution in [2.45, 2.75) is 33.2 Å². The molecule has 0 aliphatic heterocycles. The zero-order chi connectivity index (χ0) is 15.2. The van der Waals surface area contributed by atoms with Crippen LogP contribution in [0.5, 0.6) is 11.5 Å². The summed E-state index contributed by atoms with van der Waals surface area (Å²) >= 11 is 1.66. The molecule has 0 saturated carbocycles. The molecule has 0 saturated heterocycles. The van der Waals surface area contributed by atoms with E-state index in [1.807, 2.05) is 25.1 Å². The molecule has 4 nitrogen and oxygen atoms in total. The highest BCUT2D eigenvalue weighted by molar-refractivity contribution is 7.15. The number of aromatic nitrogens is 1. The summed E-state index contributed by atoms with van der Waals surface area (Å²) in [7, 11) is 1.65. The highest BCUT2D eigenvalue weighted by atomic mass is 32.1. The van der Waals surface area contributed by atoms with E-state index in [2.05, 4.69) is 6.92 Å². The van der Waals surface area contributed by atoms with Crippen molar-refractivity contribution < 1.29 is 9.47 Å². The third-order valence-electron chi connectivity index (χ3n) is 3.16. The van der Waals surface area contributed by atoms with E-state index in [0.717, 1.165) is 40.6 Å². The Morgan fingerprint density at radius 2 is 2.05 bits per heavy atom. The van der Waals surface area contributed by atoms with Crippen molar-refractivity contribution in [3.63, 3.8) is 0 Å². The number of rotatable bonds is 7. The maximum atomic E-state index is 5.82. The molecule has 0 radical (unpaired) electrons. The number of benzene rings is 1.